The summed E-state index contributed by atoms with van der Waals surface area (Å²) in [6.45, 7) is 0.266. The summed E-state index contributed by atoms with van der Waals surface area (Å²) in [6.07, 6.45) is 1.16. The van der Waals surface area contributed by atoms with Crippen LogP contribution < -0.4 is 15.9 Å². The molecule has 116 valence electrons. The second kappa shape index (κ2) is 5.55. The lowest BCUT2D eigenvalue weighted by Crippen LogP contribution is -2.28. The number of hydrogen-bond donors (Lipinski definition) is 3. The first kappa shape index (κ1) is 15.3. The smallest absolute Gasteiger partial charge is 0.423 e. The average molecular weight is 330 g/mol. The van der Waals surface area contributed by atoms with Crippen molar-refractivity contribution in [2.24, 2.45) is 0 Å². The summed E-state index contributed by atoms with van der Waals surface area (Å²) in [6, 6.07) is 7.67. The Balaban J connectivity index is 1.97. The third-order valence-electron chi connectivity index (χ3n) is 3.31. The van der Waals surface area contributed by atoms with E-state index in [1.54, 1.807) is 18.2 Å². The van der Waals surface area contributed by atoms with Crippen LogP contribution in [0.4, 0.5) is 11.4 Å². The van der Waals surface area contributed by atoms with E-state index in [1.807, 2.05) is 0 Å². The first-order valence-electron chi connectivity index (χ1n) is 6.51. The molecule has 0 bridgehead atoms. The van der Waals surface area contributed by atoms with Crippen LogP contribution in [0, 0.1) is 11.3 Å². The molecule has 10 heteroatoms. The predicted octanol–water partition coefficient (Wildman–Crippen LogP) is -0.446. The van der Waals surface area contributed by atoms with Gasteiger partial charge in [-0.15, -0.1) is 0 Å². The van der Waals surface area contributed by atoms with E-state index >= 15 is 0 Å². The summed E-state index contributed by atoms with van der Waals surface area (Å²) in [5, 5.41) is 18.3. The quantitative estimate of drug-likeness (QED) is 0.648. The maximum atomic E-state index is 12.4. The molecule has 23 heavy (non-hydrogen) atoms. The molecule has 0 atom stereocenters. The van der Waals surface area contributed by atoms with Gasteiger partial charge >= 0.3 is 7.12 Å². The van der Waals surface area contributed by atoms with Gasteiger partial charge in [0.2, 0.25) is 0 Å². The van der Waals surface area contributed by atoms with Crippen molar-refractivity contribution in [3.05, 3.63) is 41.6 Å². The van der Waals surface area contributed by atoms with Gasteiger partial charge in [-0.2, -0.15) is 13.7 Å². The van der Waals surface area contributed by atoms with Crippen molar-refractivity contribution in [2.75, 3.05) is 10.5 Å². The first-order chi connectivity index (χ1) is 10.9. The highest BCUT2D eigenvalue weighted by Gasteiger charge is 2.28. The maximum Gasteiger partial charge on any atom is 0.491 e. The second-order valence-corrected chi connectivity index (χ2v) is 6.51. The van der Waals surface area contributed by atoms with E-state index in [-0.39, 0.29) is 23.5 Å². The molecular weight excluding hydrogens is 319 g/mol. The lowest BCUT2D eigenvalue weighted by Gasteiger charge is -2.10. The van der Waals surface area contributed by atoms with Crippen LogP contribution in [-0.2, 0) is 21.3 Å². The summed E-state index contributed by atoms with van der Waals surface area (Å²) in [4.78, 5) is 3.73. The molecule has 3 rings (SSSR count). The summed E-state index contributed by atoms with van der Waals surface area (Å²) < 4.78 is 32.2. The predicted molar refractivity (Wildman–Crippen MR) is 83.0 cm³/mol. The van der Waals surface area contributed by atoms with Crippen molar-refractivity contribution in [1.29, 1.82) is 5.26 Å². The Morgan fingerprint density at radius 1 is 1.43 bits per heavy atom. The fourth-order valence-electron chi connectivity index (χ4n) is 2.24. The van der Waals surface area contributed by atoms with Crippen LogP contribution in [-0.4, -0.2) is 25.5 Å². The van der Waals surface area contributed by atoms with E-state index in [9.17, 15) is 13.4 Å². The zero-order valence-electron chi connectivity index (χ0n) is 11.7. The van der Waals surface area contributed by atoms with Gasteiger partial charge in [-0.25, -0.2) is 4.98 Å². The van der Waals surface area contributed by atoms with Crippen LogP contribution in [0.1, 0.15) is 11.1 Å². The van der Waals surface area contributed by atoms with E-state index in [2.05, 4.69) is 9.71 Å². The molecule has 2 aromatic rings. The topological polar surface area (TPSA) is 138 Å². The molecule has 1 aromatic heterocycles. The molecule has 4 N–H and O–H groups in total. The summed E-state index contributed by atoms with van der Waals surface area (Å²) in [7, 11) is -5.15. The van der Waals surface area contributed by atoms with Gasteiger partial charge in [0, 0.05) is 5.69 Å². The van der Waals surface area contributed by atoms with E-state index in [0.29, 0.717) is 5.46 Å². The number of pyridine rings is 1. The number of rotatable bonds is 3. The fraction of sp³-hybridized carbons (Fsp3) is 0.0769. The summed E-state index contributed by atoms with van der Waals surface area (Å²) >= 11 is 0. The Kier molecular flexibility index (Phi) is 3.69. The van der Waals surface area contributed by atoms with Gasteiger partial charge < -0.3 is 15.4 Å². The Hall–Kier alpha value is -2.61. The van der Waals surface area contributed by atoms with Crippen molar-refractivity contribution in [2.45, 2.75) is 11.6 Å². The summed E-state index contributed by atoms with van der Waals surface area (Å²) in [5.41, 5.74) is 7.06. The minimum absolute atomic E-state index is 0.151. The van der Waals surface area contributed by atoms with E-state index < -0.39 is 22.2 Å². The summed E-state index contributed by atoms with van der Waals surface area (Å²) in [5.74, 6) is 0. The lowest BCUT2D eigenvalue weighted by atomic mass is 9.79. The van der Waals surface area contributed by atoms with Gasteiger partial charge in [-0.1, -0.05) is 6.07 Å². The zero-order chi connectivity index (χ0) is 16.6. The molecule has 1 aliphatic rings. The normalized spacial score (nSPS) is 13.5. The number of nitrogen functional groups attached to an aromatic ring is 1. The number of anilines is 2. The Bertz CT molecular complexity index is 926. The highest BCUT2D eigenvalue weighted by molar-refractivity contribution is 7.92. The first-order valence-corrected chi connectivity index (χ1v) is 8.00. The fourth-order valence-corrected chi connectivity index (χ4v) is 3.36. The van der Waals surface area contributed by atoms with Crippen LogP contribution in [0.25, 0.3) is 0 Å². The average Bonchev–Trinajstić information content (AvgIpc) is 2.87. The number of nitriles is 1. The molecule has 0 aliphatic carbocycles. The minimum atomic E-state index is -4.07. The van der Waals surface area contributed by atoms with Gasteiger partial charge in [-0.3, -0.25) is 4.72 Å². The van der Waals surface area contributed by atoms with Gasteiger partial charge in [0.25, 0.3) is 10.0 Å². The van der Waals surface area contributed by atoms with Crippen molar-refractivity contribution in [3.63, 3.8) is 0 Å². The molecule has 0 spiro atoms. The Morgan fingerprint density at radius 2 is 2.22 bits per heavy atom. The maximum absolute atomic E-state index is 12.4. The highest BCUT2D eigenvalue weighted by atomic mass is 32.2. The number of hydrogen-bond acceptors (Lipinski definition) is 7. The molecule has 1 aliphatic heterocycles. The molecule has 2 heterocycles. The zero-order valence-corrected chi connectivity index (χ0v) is 12.5. The monoisotopic (exact) mass is 330 g/mol. The van der Waals surface area contributed by atoms with Crippen LogP contribution in [0.15, 0.2) is 35.5 Å². The Labute approximate surface area is 132 Å². The molecule has 0 radical (unpaired) electrons. The molecule has 0 fully saturated rings. The number of sulfonamides is 1. The number of nitrogens with two attached hydrogens (primary N) is 1. The molecular formula is C13H11BN4O4S. The molecule has 8 nitrogen and oxygen atoms in total. The van der Waals surface area contributed by atoms with Crippen LogP contribution in [0.5, 0.6) is 0 Å². The van der Waals surface area contributed by atoms with Crippen molar-refractivity contribution < 1.29 is 18.1 Å². The van der Waals surface area contributed by atoms with Crippen molar-refractivity contribution in [1.82, 2.24) is 4.98 Å². The van der Waals surface area contributed by atoms with E-state index in [0.717, 1.165) is 11.8 Å². The largest absolute Gasteiger partial charge is 0.491 e. The van der Waals surface area contributed by atoms with Crippen LogP contribution in [0.3, 0.4) is 0 Å². The van der Waals surface area contributed by atoms with Crippen LogP contribution in [0.2, 0.25) is 0 Å². The molecule has 0 saturated carbocycles. The van der Waals surface area contributed by atoms with Crippen molar-refractivity contribution >= 4 is 34.0 Å². The number of nitrogens with one attached hydrogen (secondary N) is 1. The van der Waals surface area contributed by atoms with Gasteiger partial charge in [-0.05, 0) is 29.2 Å². The molecule has 0 saturated heterocycles. The number of fused-ring (bicyclic) bond motifs is 1. The minimum Gasteiger partial charge on any atom is -0.423 e. The molecule has 0 unspecified atom stereocenters. The van der Waals surface area contributed by atoms with Crippen molar-refractivity contribution in [3.8, 4) is 6.07 Å². The molecule has 1 aromatic carbocycles. The number of nitrogens with zero attached hydrogens (tertiary/aromatic N) is 2. The SMILES string of the molecule is N#Cc1cc(N)cnc1S(=O)(=O)Nc1ccc2c(c1)B(O)OC2. The van der Waals surface area contributed by atoms with E-state index in [4.69, 9.17) is 15.6 Å². The third kappa shape index (κ3) is 2.85. The van der Waals surface area contributed by atoms with Gasteiger partial charge in [0.1, 0.15) is 6.07 Å². The second-order valence-electron chi connectivity index (χ2n) is 4.92. The van der Waals surface area contributed by atoms with Crippen LogP contribution >= 0.6 is 0 Å². The number of aromatic nitrogens is 1. The van der Waals surface area contributed by atoms with Gasteiger partial charge in [0.05, 0.1) is 24.1 Å². The highest BCUT2D eigenvalue weighted by Crippen LogP contribution is 2.20. The number of benzene rings is 1. The lowest BCUT2D eigenvalue weighted by molar-refractivity contribution is 0.275. The standard InChI is InChI=1S/C13H11BN4O4S/c15-5-9-3-10(16)6-17-13(9)23(20,21)18-11-2-1-8-7-22-14(19)12(8)4-11/h1-4,6,18-19H,7,16H2. The van der Waals surface area contributed by atoms with Gasteiger partial charge in [0.15, 0.2) is 5.03 Å². The molecule has 0 amide bonds. The Morgan fingerprint density at radius 3 is 2.96 bits per heavy atom. The third-order valence-corrected chi connectivity index (χ3v) is 4.65. The van der Waals surface area contributed by atoms with E-state index in [1.165, 1.54) is 12.1 Å².